The van der Waals surface area contributed by atoms with E-state index in [9.17, 15) is 47.9 Å². The molecule has 0 fully saturated rings. The molecule has 0 aromatic carbocycles. The fraction of sp³-hybridized carbons (Fsp3) is 1.00. The largest absolute Gasteiger partial charge is 1.00 e. The Kier molecular flexibility index (Phi) is 5.72. The first-order valence-corrected chi connectivity index (χ1v) is 4.77. The minimum absolute atomic E-state index is 0. The van der Waals surface area contributed by atoms with Gasteiger partial charge < -0.3 is 1.43 Å². The minimum Gasteiger partial charge on any atom is -1.00 e. The first-order chi connectivity index (χ1) is 7.00. The average Bonchev–Trinajstić information content (AvgIpc) is 1.98. The standard InChI is InChI=1S/C4H2F9NO2S.Na.H/c5-1(6,3(9,10)11)2(7,8)4(12,13)17(14,15)16;;/h(H2,14,15,16);;/q;+1;-1. The minimum atomic E-state index is -7.27. The Morgan fingerprint density at radius 3 is 1.22 bits per heavy atom. The molecule has 0 spiro atoms. The van der Waals surface area contributed by atoms with E-state index in [1.807, 2.05) is 0 Å². The fourth-order valence-corrected chi connectivity index (χ4v) is 1.02. The van der Waals surface area contributed by atoms with Crippen LogP contribution in [0.5, 0.6) is 0 Å². The Morgan fingerprint density at radius 2 is 1.06 bits per heavy atom. The summed E-state index contributed by atoms with van der Waals surface area (Å²) >= 11 is 0. The van der Waals surface area contributed by atoms with Crippen LogP contribution in [0.25, 0.3) is 0 Å². The monoisotopic (exact) mass is 323 g/mol. The predicted octanol–water partition coefficient (Wildman–Crippen LogP) is -1.18. The summed E-state index contributed by atoms with van der Waals surface area (Å²) < 4.78 is 127. The van der Waals surface area contributed by atoms with Crippen LogP contribution in [-0.4, -0.2) is 31.7 Å². The predicted molar refractivity (Wildman–Crippen MR) is 35.1 cm³/mol. The molecule has 0 aliphatic rings. The number of primary sulfonamides is 1. The van der Waals surface area contributed by atoms with Gasteiger partial charge in [0.05, 0.1) is 0 Å². The molecule has 0 amide bonds. The molecule has 0 bridgehead atoms. The second-order valence-electron chi connectivity index (χ2n) is 2.71. The molecule has 18 heavy (non-hydrogen) atoms. The van der Waals surface area contributed by atoms with Crippen LogP contribution in [0.3, 0.4) is 0 Å². The smallest absolute Gasteiger partial charge is 1.00 e. The van der Waals surface area contributed by atoms with Gasteiger partial charge in [0, 0.05) is 0 Å². The summed E-state index contributed by atoms with van der Waals surface area (Å²) in [4.78, 5) is 0. The molecule has 0 rings (SSSR count). The Morgan fingerprint density at radius 1 is 0.778 bits per heavy atom. The van der Waals surface area contributed by atoms with Crippen molar-refractivity contribution < 1.29 is 78.9 Å². The summed E-state index contributed by atoms with van der Waals surface area (Å²) in [6, 6.07) is 0. The van der Waals surface area contributed by atoms with Gasteiger partial charge >= 0.3 is 52.8 Å². The molecule has 0 atom stereocenters. The first-order valence-electron chi connectivity index (χ1n) is 3.22. The van der Waals surface area contributed by atoms with Gasteiger partial charge in [-0.05, 0) is 0 Å². The topological polar surface area (TPSA) is 60.2 Å². The number of hydrogen-bond acceptors (Lipinski definition) is 2. The summed E-state index contributed by atoms with van der Waals surface area (Å²) in [5, 5.41) is -3.30. The van der Waals surface area contributed by atoms with Gasteiger partial charge in [-0.3, -0.25) is 0 Å². The number of nitrogens with two attached hydrogens (primary N) is 1. The second kappa shape index (κ2) is 5.00. The first kappa shape index (κ1) is 20.6. The molecule has 106 valence electrons. The Balaban J connectivity index is -0.00000128. The SMILES string of the molecule is NS(=O)(=O)C(F)(F)C(F)(F)C(F)(F)C(F)(F)F.[H-].[Na+]. The van der Waals surface area contributed by atoms with Gasteiger partial charge in [0.1, 0.15) is 0 Å². The van der Waals surface area contributed by atoms with Crippen molar-refractivity contribution in [2.75, 3.05) is 0 Å². The van der Waals surface area contributed by atoms with Crippen molar-refractivity contribution >= 4 is 10.0 Å². The van der Waals surface area contributed by atoms with E-state index in [4.69, 9.17) is 0 Å². The van der Waals surface area contributed by atoms with Crippen molar-refractivity contribution in [3.05, 3.63) is 0 Å². The van der Waals surface area contributed by atoms with Gasteiger partial charge in [-0.15, -0.1) is 0 Å². The van der Waals surface area contributed by atoms with E-state index in [1.54, 1.807) is 0 Å². The van der Waals surface area contributed by atoms with Gasteiger partial charge in [0.2, 0.25) is 0 Å². The van der Waals surface area contributed by atoms with E-state index in [-0.39, 0.29) is 31.0 Å². The third kappa shape index (κ3) is 2.89. The molecule has 2 N–H and O–H groups in total. The van der Waals surface area contributed by atoms with Crippen molar-refractivity contribution in [2.24, 2.45) is 5.14 Å². The maximum atomic E-state index is 12.3. The van der Waals surface area contributed by atoms with E-state index in [1.165, 1.54) is 0 Å². The van der Waals surface area contributed by atoms with Gasteiger partial charge in [-0.1, -0.05) is 0 Å². The van der Waals surface area contributed by atoms with Gasteiger partial charge in [-0.25, -0.2) is 13.6 Å². The molecule has 0 saturated heterocycles. The summed E-state index contributed by atoms with van der Waals surface area (Å²) in [6.45, 7) is 0. The van der Waals surface area contributed by atoms with Crippen molar-refractivity contribution in [1.29, 1.82) is 0 Å². The summed E-state index contributed by atoms with van der Waals surface area (Å²) in [5.74, 6) is -14.5. The third-order valence-electron chi connectivity index (χ3n) is 1.47. The fourth-order valence-electron chi connectivity index (χ4n) is 0.539. The van der Waals surface area contributed by atoms with Crippen LogP contribution in [0.1, 0.15) is 1.43 Å². The van der Waals surface area contributed by atoms with E-state index in [2.05, 4.69) is 5.14 Å². The van der Waals surface area contributed by atoms with E-state index >= 15 is 0 Å². The molecular formula is C4H3F9NNaO2S. The molecule has 0 unspecified atom stereocenters. The zero-order valence-electron chi connectivity index (χ0n) is 9.20. The molecule has 0 heterocycles. The molecule has 0 aliphatic carbocycles. The molecule has 3 nitrogen and oxygen atoms in total. The maximum Gasteiger partial charge on any atom is 1.00 e. The van der Waals surface area contributed by atoms with Gasteiger partial charge in [0.15, 0.2) is 0 Å². The molecule has 14 heteroatoms. The Bertz CT molecular complexity index is 407. The van der Waals surface area contributed by atoms with E-state index < -0.39 is 33.3 Å². The van der Waals surface area contributed by atoms with Crippen molar-refractivity contribution in [3.63, 3.8) is 0 Å². The zero-order chi connectivity index (χ0) is 14.5. The van der Waals surface area contributed by atoms with Crippen LogP contribution in [0.4, 0.5) is 39.5 Å². The number of hydrogen-bond donors (Lipinski definition) is 1. The van der Waals surface area contributed by atoms with Gasteiger partial charge in [0.25, 0.3) is 10.0 Å². The molecule has 0 aromatic rings. The van der Waals surface area contributed by atoms with Crippen molar-refractivity contribution in [1.82, 2.24) is 0 Å². The third-order valence-corrected chi connectivity index (χ3v) is 2.44. The van der Waals surface area contributed by atoms with Crippen LogP contribution in [0.2, 0.25) is 0 Å². The summed E-state index contributed by atoms with van der Waals surface area (Å²) in [5.41, 5.74) is 0. The average molecular weight is 323 g/mol. The van der Waals surface area contributed by atoms with Crippen LogP contribution in [-0.2, 0) is 10.0 Å². The zero-order valence-corrected chi connectivity index (χ0v) is 11.0. The molecule has 0 saturated carbocycles. The van der Waals surface area contributed by atoms with Crippen LogP contribution < -0.4 is 34.7 Å². The van der Waals surface area contributed by atoms with Crippen LogP contribution in [0.15, 0.2) is 0 Å². The number of alkyl halides is 9. The number of sulfonamides is 1. The molecule has 0 aromatic heterocycles. The quantitative estimate of drug-likeness (QED) is 0.525. The van der Waals surface area contributed by atoms with Crippen LogP contribution in [0, 0.1) is 0 Å². The van der Waals surface area contributed by atoms with Crippen LogP contribution >= 0.6 is 0 Å². The number of halogens is 9. The summed E-state index contributed by atoms with van der Waals surface area (Å²) in [7, 11) is -6.67. The molecule has 0 aliphatic heterocycles. The summed E-state index contributed by atoms with van der Waals surface area (Å²) in [6.07, 6.45) is -7.08. The molecular weight excluding hydrogens is 320 g/mol. The van der Waals surface area contributed by atoms with E-state index in [0.29, 0.717) is 0 Å². The number of rotatable bonds is 3. The maximum absolute atomic E-state index is 12.3. The van der Waals surface area contributed by atoms with Crippen molar-refractivity contribution in [2.45, 2.75) is 23.3 Å². The second-order valence-corrected chi connectivity index (χ2v) is 4.31. The normalized spacial score (nSPS) is 15.2. The Hall–Kier alpha value is 0.280. The van der Waals surface area contributed by atoms with Crippen molar-refractivity contribution in [3.8, 4) is 0 Å². The Labute approximate surface area is 117 Å². The van der Waals surface area contributed by atoms with Gasteiger partial charge in [-0.2, -0.15) is 39.5 Å². The molecule has 0 radical (unpaired) electrons. The van der Waals surface area contributed by atoms with E-state index in [0.717, 1.165) is 0 Å².